The van der Waals surface area contributed by atoms with E-state index in [1.807, 2.05) is 42.6 Å². The molecule has 37 heavy (non-hydrogen) atoms. The Labute approximate surface area is 214 Å². The van der Waals surface area contributed by atoms with Crippen molar-refractivity contribution in [2.45, 2.75) is 0 Å². The maximum absolute atomic E-state index is 13.6. The predicted molar refractivity (Wildman–Crippen MR) is 144 cm³/mol. The predicted octanol–water partition coefficient (Wildman–Crippen LogP) is 4.55. The third-order valence-corrected chi connectivity index (χ3v) is 6.42. The maximum atomic E-state index is 13.6. The normalized spacial score (nSPS) is 14.0. The lowest BCUT2D eigenvalue weighted by atomic mass is 10.1. The van der Waals surface area contributed by atoms with E-state index in [9.17, 15) is 9.18 Å². The Morgan fingerprint density at radius 1 is 1.14 bits per heavy atom. The number of nitrogens with one attached hydrogen (secondary N) is 3. The van der Waals surface area contributed by atoms with Crippen molar-refractivity contribution in [1.29, 1.82) is 0 Å². The molecule has 2 aromatic heterocycles. The first kappa shape index (κ1) is 24.3. The number of likely N-dealkylation sites (N-methyl/N-ethyl adjacent to an activating group) is 1. The van der Waals surface area contributed by atoms with Crippen molar-refractivity contribution in [3.63, 3.8) is 0 Å². The summed E-state index contributed by atoms with van der Waals surface area (Å²) >= 11 is 0. The first-order chi connectivity index (χ1) is 17.9. The molecule has 10 heteroatoms. The Hall–Kier alpha value is -4.44. The van der Waals surface area contributed by atoms with E-state index < -0.39 is 11.7 Å². The van der Waals surface area contributed by atoms with E-state index in [0.29, 0.717) is 23.1 Å². The Balaban J connectivity index is 1.50. The molecule has 190 valence electrons. The van der Waals surface area contributed by atoms with Crippen molar-refractivity contribution in [2.75, 3.05) is 55.9 Å². The van der Waals surface area contributed by atoms with Gasteiger partial charge in [0.15, 0.2) is 5.83 Å². The van der Waals surface area contributed by atoms with Gasteiger partial charge in [-0.2, -0.15) is 0 Å². The van der Waals surface area contributed by atoms with Crippen LogP contribution >= 0.6 is 0 Å². The van der Waals surface area contributed by atoms with Crippen LogP contribution in [0, 0.1) is 0 Å². The minimum Gasteiger partial charge on any atom is -0.494 e. The van der Waals surface area contributed by atoms with Crippen LogP contribution in [0.4, 0.5) is 27.4 Å². The summed E-state index contributed by atoms with van der Waals surface area (Å²) in [6, 6.07) is 13.4. The van der Waals surface area contributed by atoms with Gasteiger partial charge in [0.1, 0.15) is 5.75 Å². The van der Waals surface area contributed by atoms with Crippen molar-refractivity contribution in [1.82, 2.24) is 19.9 Å². The van der Waals surface area contributed by atoms with Crippen molar-refractivity contribution < 1.29 is 13.9 Å². The highest BCUT2D eigenvalue weighted by atomic mass is 19.1. The molecular weight excluding hydrogens is 473 g/mol. The molecular formula is C27H28FN7O2. The summed E-state index contributed by atoms with van der Waals surface area (Å²) < 4.78 is 19.3. The molecule has 0 aliphatic carbocycles. The van der Waals surface area contributed by atoms with Crippen molar-refractivity contribution >= 4 is 39.8 Å². The Bertz CT molecular complexity index is 1460. The largest absolute Gasteiger partial charge is 0.494 e. The highest BCUT2D eigenvalue weighted by molar-refractivity contribution is 6.04. The summed E-state index contributed by atoms with van der Waals surface area (Å²) in [5, 5.41) is 6.90. The number of fused-ring (bicyclic) bond motifs is 1. The number of piperazine rings is 1. The van der Waals surface area contributed by atoms with Gasteiger partial charge in [-0.3, -0.25) is 4.79 Å². The number of amides is 1. The fourth-order valence-corrected chi connectivity index (χ4v) is 4.41. The van der Waals surface area contributed by atoms with Crippen LogP contribution < -0.4 is 20.3 Å². The summed E-state index contributed by atoms with van der Waals surface area (Å²) in [6.45, 7) is 6.35. The Morgan fingerprint density at radius 2 is 1.92 bits per heavy atom. The molecule has 0 saturated carbocycles. The number of anilines is 4. The van der Waals surface area contributed by atoms with Gasteiger partial charge in [-0.05, 0) is 25.2 Å². The third kappa shape index (κ3) is 5.10. The van der Waals surface area contributed by atoms with Crippen LogP contribution in [0.3, 0.4) is 0 Å². The number of hydrogen-bond acceptors (Lipinski definition) is 7. The first-order valence-corrected chi connectivity index (χ1v) is 11.9. The molecule has 1 fully saturated rings. The van der Waals surface area contributed by atoms with E-state index in [0.717, 1.165) is 54.0 Å². The maximum Gasteiger partial charge on any atom is 0.283 e. The molecule has 2 aromatic carbocycles. The van der Waals surface area contributed by atoms with Crippen LogP contribution in [0.2, 0.25) is 0 Å². The van der Waals surface area contributed by atoms with Gasteiger partial charge in [0.2, 0.25) is 5.95 Å². The lowest BCUT2D eigenvalue weighted by molar-refractivity contribution is -0.114. The number of rotatable bonds is 7. The lowest BCUT2D eigenvalue weighted by Gasteiger charge is -2.35. The number of nitrogens with zero attached hydrogens (tertiary/aromatic N) is 4. The number of methoxy groups -OCH3 is 1. The zero-order chi connectivity index (χ0) is 25.9. The molecule has 1 saturated heterocycles. The zero-order valence-electron chi connectivity index (χ0n) is 20.7. The number of aromatic nitrogens is 3. The second-order valence-corrected chi connectivity index (χ2v) is 8.86. The number of aromatic amines is 1. The van der Waals surface area contributed by atoms with Crippen LogP contribution in [-0.4, -0.2) is 66.1 Å². The molecule has 1 aliphatic rings. The summed E-state index contributed by atoms with van der Waals surface area (Å²) in [6.07, 6.45) is 3.59. The molecule has 1 amide bonds. The van der Waals surface area contributed by atoms with E-state index in [4.69, 9.17) is 9.72 Å². The van der Waals surface area contributed by atoms with Gasteiger partial charge in [0.25, 0.3) is 5.91 Å². The van der Waals surface area contributed by atoms with Gasteiger partial charge < -0.3 is 30.2 Å². The Kier molecular flexibility index (Phi) is 6.74. The summed E-state index contributed by atoms with van der Waals surface area (Å²) in [4.78, 5) is 28.9. The molecule has 1 aliphatic heterocycles. The smallest absolute Gasteiger partial charge is 0.283 e. The number of H-pyrrole nitrogens is 1. The van der Waals surface area contributed by atoms with Crippen LogP contribution in [0.5, 0.6) is 5.75 Å². The first-order valence-electron chi connectivity index (χ1n) is 11.9. The minimum atomic E-state index is -1.07. The number of ether oxygens (including phenoxy) is 1. The lowest BCUT2D eigenvalue weighted by Crippen LogP contribution is -2.44. The van der Waals surface area contributed by atoms with Gasteiger partial charge in [-0.15, -0.1) is 0 Å². The Morgan fingerprint density at radius 3 is 2.68 bits per heavy atom. The van der Waals surface area contributed by atoms with E-state index in [-0.39, 0.29) is 0 Å². The van der Waals surface area contributed by atoms with Crippen molar-refractivity contribution in [2.24, 2.45) is 0 Å². The van der Waals surface area contributed by atoms with E-state index >= 15 is 0 Å². The van der Waals surface area contributed by atoms with Gasteiger partial charge in [-0.1, -0.05) is 24.8 Å². The van der Waals surface area contributed by atoms with Crippen LogP contribution in [0.15, 0.2) is 67.3 Å². The number of para-hydroxylation sites is 1. The highest BCUT2D eigenvalue weighted by Gasteiger charge is 2.22. The molecule has 0 unspecified atom stereocenters. The standard InChI is InChI=1S/C27H28FN7O2/c1-17(28)26(36)31-22-14-23(25(37-3)15-24(22)35-12-10-34(2)11-13-35)33-27-29-9-8-21(32-27)19-16-30-20-7-5-4-6-18(19)20/h4-9,14-16,30H,1,10-13H2,2-3H3,(H,31,36)(H,29,32,33). The fourth-order valence-electron chi connectivity index (χ4n) is 4.41. The van der Waals surface area contributed by atoms with Gasteiger partial charge in [0.05, 0.1) is 29.9 Å². The van der Waals surface area contributed by atoms with Crippen molar-refractivity contribution in [3.05, 3.63) is 67.3 Å². The zero-order valence-corrected chi connectivity index (χ0v) is 20.7. The SMILES string of the molecule is C=C(F)C(=O)Nc1cc(Nc2nccc(-c3c[nH]c4ccccc34)n2)c(OC)cc1N1CCN(C)CC1. The monoisotopic (exact) mass is 501 g/mol. The fraction of sp³-hybridized carbons (Fsp3) is 0.222. The van der Waals surface area contributed by atoms with E-state index in [2.05, 4.69) is 44.0 Å². The van der Waals surface area contributed by atoms with Crippen LogP contribution in [-0.2, 0) is 4.79 Å². The molecule has 0 spiro atoms. The van der Waals surface area contributed by atoms with Gasteiger partial charge in [-0.25, -0.2) is 14.4 Å². The number of benzene rings is 2. The molecule has 3 heterocycles. The molecule has 9 nitrogen and oxygen atoms in total. The van der Waals surface area contributed by atoms with E-state index in [1.165, 1.54) is 0 Å². The second kappa shape index (κ2) is 10.3. The molecule has 0 radical (unpaired) electrons. The minimum absolute atomic E-state index is 0.348. The third-order valence-electron chi connectivity index (χ3n) is 6.42. The van der Waals surface area contributed by atoms with Crippen LogP contribution in [0.25, 0.3) is 22.2 Å². The van der Waals surface area contributed by atoms with Gasteiger partial charge >= 0.3 is 0 Å². The average Bonchev–Trinajstić information content (AvgIpc) is 3.34. The quantitative estimate of drug-likeness (QED) is 0.320. The number of carbonyl (C=O) groups is 1. The van der Waals surface area contributed by atoms with Crippen LogP contribution in [0.1, 0.15) is 0 Å². The average molecular weight is 502 g/mol. The molecule has 5 rings (SSSR count). The highest BCUT2D eigenvalue weighted by Crippen LogP contribution is 2.39. The molecule has 0 bridgehead atoms. The number of halogens is 1. The summed E-state index contributed by atoms with van der Waals surface area (Å²) in [5.74, 6) is -1.08. The molecule has 3 N–H and O–H groups in total. The topological polar surface area (TPSA) is 98.4 Å². The number of carbonyl (C=O) groups excluding carboxylic acids is 1. The molecule has 4 aromatic rings. The van der Waals surface area contributed by atoms with Gasteiger partial charge in [0, 0.05) is 61.1 Å². The van der Waals surface area contributed by atoms with Crippen molar-refractivity contribution in [3.8, 4) is 17.0 Å². The molecule has 0 atom stereocenters. The van der Waals surface area contributed by atoms with E-state index in [1.54, 1.807) is 19.4 Å². The second-order valence-electron chi connectivity index (χ2n) is 8.86. The summed E-state index contributed by atoms with van der Waals surface area (Å²) in [7, 11) is 3.63. The summed E-state index contributed by atoms with van der Waals surface area (Å²) in [5.41, 5.74) is 4.40. The number of hydrogen-bond donors (Lipinski definition) is 3.